The first-order valence-electron chi connectivity index (χ1n) is 7.90. The molecule has 0 heterocycles. The van der Waals surface area contributed by atoms with E-state index in [9.17, 15) is 5.11 Å². The summed E-state index contributed by atoms with van der Waals surface area (Å²) in [6.45, 7) is 1.63. The van der Waals surface area contributed by atoms with E-state index in [1.54, 1.807) is 7.11 Å². The number of rotatable bonds is 9. The minimum absolute atomic E-state index is 0.355. The number of hydrogen-bond acceptors (Lipinski definition) is 4. The largest absolute Gasteiger partial charge is 0.389 e. The first-order valence-corrected chi connectivity index (χ1v) is 7.90. The van der Waals surface area contributed by atoms with Crippen molar-refractivity contribution in [2.24, 2.45) is 0 Å². The highest BCUT2D eigenvalue weighted by Crippen LogP contribution is 2.21. The van der Waals surface area contributed by atoms with E-state index in [2.05, 4.69) is 11.4 Å². The van der Waals surface area contributed by atoms with Gasteiger partial charge in [0.2, 0.25) is 0 Å². The highest BCUT2D eigenvalue weighted by molar-refractivity contribution is 5.51. The van der Waals surface area contributed by atoms with Crippen molar-refractivity contribution in [2.45, 2.75) is 44.3 Å². The molecule has 0 bridgehead atoms. The van der Waals surface area contributed by atoms with Gasteiger partial charge in [-0.05, 0) is 30.9 Å². The first kappa shape index (κ1) is 16.3. The average Bonchev–Trinajstić information content (AvgIpc) is 3.03. The minimum atomic E-state index is -0.471. The number of para-hydroxylation sites is 1. The maximum atomic E-state index is 10.0. The van der Waals surface area contributed by atoms with Gasteiger partial charge >= 0.3 is 0 Å². The Labute approximate surface area is 127 Å². The summed E-state index contributed by atoms with van der Waals surface area (Å²) in [7, 11) is 1.71. The molecular weight excluding hydrogens is 266 g/mol. The van der Waals surface area contributed by atoms with Crippen LogP contribution >= 0.6 is 0 Å². The number of anilines is 1. The molecule has 1 aliphatic rings. The second-order valence-electron chi connectivity index (χ2n) is 5.67. The third kappa shape index (κ3) is 5.65. The van der Waals surface area contributed by atoms with Crippen LogP contribution in [0.4, 0.5) is 5.69 Å². The average molecular weight is 293 g/mol. The fourth-order valence-corrected chi connectivity index (χ4v) is 2.71. The molecule has 1 aromatic carbocycles. The van der Waals surface area contributed by atoms with Gasteiger partial charge in [0, 0.05) is 19.3 Å². The van der Waals surface area contributed by atoms with Gasteiger partial charge in [0.25, 0.3) is 0 Å². The fourth-order valence-electron chi connectivity index (χ4n) is 2.71. The van der Waals surface area contributed by atoms with Crippen molar-refractivity contribution >= 4 is 5.69 Å². The van der Waals surface area contributed by atoms with Gasteiger partial charge in [-0.1, -0.05) is 31.0 Å². The summed E-state index contributed by atoms with van der Waals surface area (Å²) in [6, 6.07) is 8.15. The molecule has 21 heavy (non-hydrogen) atoms. The summed E-state index contributed by atoms with van der Waals surface area (Å²) >= 11 is 0. The van der Waals surface area contributed by atoms with Crippen LogP contribution in [0.15, 0.2) is 24.3 Å². The Morgan fingerprint density at radius 2 is 2.05 bits per heavy atom. The van der Waals surface area contributed by atoms with Gasteiger partial charge in [0.05, 0.1) is 25.4 Å². The molecule has 2 rings (SSSR count). The Bertz CT molecular complexity index is 405. The fraction of sp³-hybridized carbons (Fsp3) is 0.647. The highest BCUT2D eigenvalue weighted by atomic mass is 16.5. The smallest absolute Gasteiger partial charge is 0.0945 e. The van der Waals surface area contributed by atoms with E-state index < -0.39 is 6.10 Å². The number of methoxy groups -OCH3 is 1. The molecule has 0 aliphatic heterocycles. The summed E-state index contributed by atoms with van der Waals surface area (Å²) in [4.78, 5) is 0. The molecule has 0 spiro atoms. The molecule has 1 saturated carbocycles. The summed E-state index contributed by atoms with van der Waals surface area (Å²) in [5.41, 5.74) is 2.28. The molecule has 1 unspecified atom stereocenters. The van der Waals surface area contributed by atoms with Crippen LogP contribution in [0.5, 0.6) is 0 Å². The van der Waals surface area contributed by atoms with Crippen molar-refractivity contribution in [3.63, 3.8) is 0 Å². The molecule has 0 amide bonds. The van der Waals surface area contributed by atoms with Gasteiger partial charge in [-0.2, -0.15) is 0 Å². The SMILES string of the molecule is COCCc1ccccc1NCC(O)COC1CCCC1. The van der Waals surface area contributed by atoms with E-state index in [0.717, 1.165) is 24.9 Å². The number of benzene rings is 1. The summed E-state index contributed by atoms with van der Waals surface area (Å²) in [5, 5.41) is 13.3. The van der Waals surface area contributed by atoms with Gasteiger partial charge in [-0.3, -0.25) is 0 Å². The van der Waals surface area contributed by atoms with Gasteiger partial charge in [0.15, 0.2) is 0 Å². The van der Waals surface area contributed by atoms with Crippen molar-refractivity contribution in [2.75, 3.05) is 32.2 Å². The molecule has 1 aromatic rings. The van der Waals surface area contributed by atoms with Crippen LogP contribution in [0.3, 0.4) is 0 Å². The molecule has 1 atom stereocenters. The molecule has 2 N–H and O–H groups in total. The molecule has 4 nitrogen and oxygen atoms in total. The van der Waals surface area contributed by atoms with E-state index >= 15 is 0 Å². The van der Waals surface area contributed by atoms with Crippen molar-refractivity contribution in [1.82, 2.24) is 0 Å². The Balaban J connectivity index is 1.73. The highest BCUT2D eigenvalue weighted by Gasteiger charge is 2.16. The van der Waals surface area contributed by atoms with Crippen molar-refractivity contribution in [3.05, 3.63) is 29.8 Å². The lowest BCUT2D eigenvalue weighted by Gasteiger charge is -2.18. The summed E-state index contributed by atoms with van der Waals surface area (Å²) < 4.78 is 10.9. The quantitative estimate of drug-likeness (QED) is 0.735. The second kappa shape index (κ2) is 9.03. The molecule has 1 aliphatic carbocycles. The van der Waals surface area contributed by atoms with Crippen LogP contribution in [-0.4, -0.2) is 44.2 Å². The monoisotopic (exact) mass is 293 g/mol. The van der Waals surface area contributed by atoms with Crippen LogP contribution in [0.1, 0.15) is 31.2 Å². The zero-order valence-electron chi connectivity index (χ0n) is 12.9. The van der Waals surface area contributed by atoms with Crippen molar-refractivity contribution in [1.29, 1.82) is 0 Å². The first-order chi connectivity index (χ1) is 10.3. The number of aliphatic hydroxyl groups is 1. The van der Waals surface area contributed by atoms with Gasteiger partial charge in [-0.25, -0.2) is 0 Å². The van der Waals surface area contributed by atoms with E-state index in [0.29, 0.717) is 25.9 Å². The van der Waals surface area contributed by atoms with E-state index in [4.69, 9.17) is 9.47 Å². The van der Waals surface area contributed by atoms with E-state index in [-0.39, 0.29) is 0 Å². The zero-order valence-corrected chi connectivity index (χ0v) is 12.9. The van der Waals surface area contributed by atoms with Gasteiger partial charge in [-0.15, -0.1) is 0 Å². The molecular formula is C17H27NO3. The molecule has 0 radical (unpaired) electrons. The lowest BCUT2D eigenvalue weighted by molar-refractivity contribution is -0.00117. The minimum Gasteiger partial charge on any atom is -0.389 e. The lowest BCUT2D eigenvalue weighted by atomic mass is 10.1. The van der Waals surface area contributed by atoms with Crippen molar-refractivity contribution < 1.29 is 14.6 Å². The standard InChI is InChI=1S/C17H27NO3/c1-20-11-10-14-6-2-5-9-17(14)18-12-15(19)13-21-16-7-3-4-8-16/h2,5-6,9,15-16,18-19H,3-4,7-8,10-13H2,1H3. The van der Waals surface area contributed by atoms with Gasteiger partial charge in [0.1, 0.15) is 0 Å². The lowest BCUT2D eigenvalue weighted by Crippen LogP contribution is -2.27. The maximum absolute atomic E-state index is 10.0. The van der Waals surface area contributed by atoms with Crippen LogP contribution in [0.2, 0.25) is 0 Å². The third-order valence-electron chi connectivity index (χ3n) is 3.95. The Morgan fingerprint density at radius 3 is 2.81 bits per heavy atom. The Morgan fingerprint density at radius 1 is 1.29 bits per heavy atom. The number of hydrogen-bond donors (Lipinski definition) is 2. The number of aliphatic hydroxyl groups excluding tert-OH is 1. The molecule has 4 heteroatoms. The second-order valence-corrected chi connectivity index (χ2v) is 5.67. The van der Waals surface area contributed by atoms with E-state index in [1.165, 1.54) is 18.4 Å². The molecule has 1 fully saturated rings. The van der Waals surface area contributed by atoms with Crippen molar-refractivity contribution in [3.8, 4) is 0 Å². The number of nitrogens with one attached hydrogen (secondary N) is 1. The van der Waals surface area contributed by atoms with Crippen LogP contribution in [0.25, 0.3) is 0 Å². The van der Waals surface area contributed by atoms with Gasteiger partial charge < -0.3 is 19.9 Å². The predicted octanol–water partition coefficient (Wildman–Crippen LogP) is 2.61. The topological polar surface area (TPSA) is 50.7 Å². The maximum Gasteiger partial charge on any atom is 0.0945 e. The van der Waals surface area contributed by atoms with E-state index in [1.807, 2.05) is 18.2 Å². The van der Waals surface area contributed by atoms with Crippen LogP contribution in [-0.2, 0) is 15.9 Å². The normalized spacial score (nSPS) is 17.0. The number of ether oxygens (including phenoxy) is 2. The molecule has 0 saturated heterocycles. The van der Waals surface area contributed by atoms with Crippen LogP contribution < -0.4 is 5.32 Å². The molecule has 0 aromatic heterocycles. The predicted molar refractivity (Wildman–Crippen MR) is 84.7 cm³/mol. The molecule has 118 valence electrons. The summed E-state index contributed by atoms with van der Waals surface area (Å²) in [5.74, 6) is 0. The zero-order chi connectivity index (χ0) is 14.9. The van der Waals surface area contributed by atoms with Crippen LogP contribution in [0, 0.1) is 0 Å². The third-order valence-corrected chi connectivity index (χ3v) is 3.95. The Hall–Kier alpha value is -1.10. The Kier molecular flexibility index (Phi) is 7.00. The summed E-state index contributed by atoms with van der Waals surface area (Å²) in [6.07, 6.45) is 5.54.